The quantitative estimate of drug-likeness (QED) is 0.0222. The molecule has 0 heterocycles. The Balaban J connectivity index is 5.26. The first-order valence-electron chi connectivity index (χ1n) is 42.9. The van der Waals surface area contributed by atoms with E-state index in [1.54, 1.807) is 0 Å². The summed E-state index contributed by atoms with van der Waals surface area (Å²) in [4.78, 5) is 73.1. The minimum absolute atomic E-state index is 0.107. The van der Waals surface area contributed by atoms with Crippen LogP contribution < -0.4 is 0 Å². The fraction of sp³-hybridized carbons (Fsp3) is 0.952. The number of esters is 4. The molecule has 0 aromatic carbocycles. The van der Waals surface area contributed by atoms with E-state index < -0.39 is 97.5 Å². The highest BCUT2D eigenvalue weighted by Gasteiger charge is 2.30. The summed E-state index contributed by atoms with van der Waals surface area (Å²) >= 11 is 0. The summed E-state index contributed by atoms with van der Waals surface area (Å²) in [5, 5.41) is 10.7. The van der Waals surface area contributed by atoms with Crippen LogP contribution in [0.4, 0.5) is 0 Å². The number of unbranched alkanes of at least 4 members (excludes halogenated alkanes) is 47. The normalized spacial score (nSPS) is 14.5. The van der Waals surface area contributed by atoms with E-state index in [9.17, 15) is 43.2 Å². The van der Waals surface area contributed by atoms with E-state index in [1.807, 2.05) is 0 Å². The van der Waals surface area contributed by atoms with Crippen molar-refractivity contribution in [1.82, 2.24) is 0 Å². The fourth-order valence-electron chi connectivity index (χ4n) is 12.8. The summed E-state index contributed by atoms with van der Waals surface area (Å²) in [6.07, 6.45) is 62.2. The van der Waals surface area contributed by atoms with Gasteiger partial charge in [-0.05, 0) is 43.4 Å². The molecule has 0 spiro atoms. The van der Waals surface area contributed by atoms with Crippen LogP contribution in [0.2, 0.25) is 0 Å². The average molecular weight is 1490 g/mol. The van der Waals surface area contributed by atoms with Gasteiger partial charge < -0.3 is 33.8 Å². The van der Waals surface area contributed by atoms with E-state index in [2.05, 4.69) is 48.5 Å². The molecule has 0 fully saturated rings. The Bertz CT molecular complexity index is 1980. The third-order valence-electron chi connectivity index (χ3n) is 20.1. The van der Waals surface area contributed by atoms with Crippen LogP contribution >= 0.6 is 15.6 Å². The standard InChI is InChI=1S/C83H162O17P2/c1-8-11-12-13-14-15-26-36-43-50-57-64-80(85)93-70-78(100-83(88)67-60-53-46-39-32-25-24-27-33-40-47-54-61-74(4)5)72-97-101(89,90)95-68-77(84)69-96-102(91,92)98-73-79(99-82(87)66-59-52-45-38-31-23-19-17-21-29-35-42-49-56-63-76(7)10-3)71-94-81(86)65-58-51-44-37-30-22-18-16-20-28-34-41-48-55-62-75(6)9-2/h74-79,84H,8-73H2,1-7H3,(H,89,90)(H,91,92)/t75?,76?,77-,78+,79+/m0/s1. The molecule has 4 unspecified atom stereocenters. The number of hydrogen-bond donors (Lipinski definition) is 3. The Kier molecular flexibility index (Phi) is 71.8. The third-order valence-corrected chi connectivity index (χ3v) is 22.0. The van der Waals surface area contributed by atoms with Crippen LogP contribution in [0.1, 0.15) is 434 Å². The van der Waals surface area contributed by atoms with Gasteiger partial charge >= 0.3 is 39.5 Å². The second kappa shape index (κ2) is 73.2. The molecule has 0 radical (unpaired) electrons. The molecular formula is C83H162O17P2. The topological polar surface area (TPSA) is 237 Å². The molecule has 0 saturated heterocycles. The number of rotatable bonds is 81. The zero-order valence-electron chi connectivity index (χ0n) is 67.1. The van der Waals surface area contributed by atoms with Crippen LogP contribution in [-0.2, 0) is 65.4 Å². The van der Waals surface area contributed by atoms with Gasteiger partial charge in [0.15, 0.2) is 12.2 Å². The maximum Gasteiger partial charge on any atom is 0.472 e. The largest absolute Gasteiger partial charge is 0.472 e. The Morgan fingerprint density at radius 2 is 0.500 bits per heavy atom. The SMILES string of the molecule is CCCCCCCCCCCCCC(=O)OC[C@H](COP(=O)(O)OC[C@H](O)COP(=O)(O)OC[C@@H](COC(=O)CCCCCCCCCCCCCCCCC(C)CC)OC(=O)CCCCCCCCCCCCCCCCC(C)CC)OC(=O)CCCCCCCCCCCCCCC(C)C. The van der Waals surface area contributed by atoms with Gasteiger partial charge in [0.05, 0.1) is 26.4 Å². The van der Waals surface area contributed by atoms with Gasteiger partial charge in [0, 0.05) is 25.7 Å². The van der Waals surface area contributed by atoms with Gasteiger partial charge in [0.25, 0.3) is 0 Å². The number of aliphatic hydroxyl groups excluding tert-OH is 1. The highest BCUT2D eigenvalue weighted by Crippen LogP contribution is 2.45. The van der Waals surface area contributed by atoms with Gasteiger partial charge in [-0.25, -0.2) is 9.13 Å². The Morgan fingerprint density at radius 1 is 0.284 bits per heavy atom. The van der Waals surface area contributed by atoms with E-state index in [0.29, 0.717) is 25.7 Å². The lowest BCUT2D eigenvalue weighted by Crippen LogP contribution is -2.30. The predicted molar refractivity (Wildman–Crippen MR) is 418 cm³/mol. The van der Waals surface area contributed by atoms with Gasteiger partial charge in [0.1, 0.15) is 19.3 Å². The van der Waals surface area contributed by atoms with Gasteiger partial charge in [0.2, 0.25) is 0 Å². The molecule has 0 aliphatic heterocycles. The lowest BCUT2D eigenvalue weighted by atomic mass is 9.99. The van der Waals surface area contributed by atoms with Crippen LogP contribution in [0, 0.1) is 17.8 Å². The highest BCUT2D eigenvalue weighted by atomic mass is 31.2. The van der Waals surface area contributed by atoms with Crippen molar-refractivity contribution in [2.24, 2.45) is 17.8 Å². The number of ether oxygens (including phenoxy) is 4. The summed E-state index contributed by atoms with van der Waals surface area (Å²) in [6.45, 7) is 12.1. The maximum atomic E-state index is 13.1. The minimum Gasteiger partial charge on any atom is -0.462 e. The molecule has 17 nitrogen and oxygen atoms in total. The van der Waals surface area contributed by atoms with Crippen LogP contribution in [0.3, 0.4) is 0 Å². The number of phosphoric ester groups is 2. The molecule has 0 aromatic rings. The summed E-state index contributed by atoms with van der Waals surface area (Å²) < 4.78 is 68.8. The summed E-state index contributed by atoms with van der Waals surface area (Å²) in [5.41, 5.74) is 0. The number of hydrogen-bond acceptors (Lipinski definition) is 15. The Labute approximate surface area is 626 Å². The Morgan fingerprint density at radius 3 is 0.745 bits per heavy atom. The third kappa shape index (κ3) is 73.6. The zero-order chi connectivity index (χ0) is 75.1. The van der Waals surface area contributed by atoms with Crippen molar-refractivity contribution >= 4 is 39.5 Å². The summed E-state index contributed by atoms with van der Waals surface area (Å²) in [5.74, 6) is 0.366. The molecule has 0 aromatic heterocycles. The summed E-state index contributed by atoms with van der Waals surface area (Å²) in [7, 11) is -9.92. The second-order valence-corrected chi connectivity index (χ2v) is 33.7. The van der Waals surface area contributed by atoms with E-state index in [0.717, 1.165) is 108 Å². The summed E-state index contributed by atoms with van der Waals surface area (Å²) in [6, 6.07) is 0. The molecule has 102 heavy (non-hydrogen) atoms. The first-order chi connectivity index (χ1) is 49.3. The number of carbonyl (C=O) groups excluding carboxylic acids is 4. The lowest BCUT2D eigenvalue weighted by Gasteiger charge is -2.21. The highest BCUT2D eigenvalue weighted by molar-refractivity contribution is 7.47. The Hall–Kier alpha value is -1.94. The van der Waals surface area contributed by atoms with Crippen molar-refractivity contribution in [3.63, 3.8) is 0 Å². The number of phosphoric acid groups is 2. The molecule has 0 aliphatic carbocycles. The molecule has 0 amide bonds. The maximum absolute atomic E-state index is 13.1. The smallest absolute Gasteiger partial charge is 0.462 e. The molecule has 3 N–H and O–H groups in total. The van der Waals surface area contributed by atoms with Crippen molar-refractivity contribution < 1.29 is 80.2 Å². The van der Waals surface area contributed by atoms with E-state index in [4.69, 9.17) is 37.0 Å². The van der Waals surface area contributed by atoms with Crippen LogP contribution in [-0.4, -0.2) is 96.7 Å². The van der Waals surface area contributed by atoms with Crippen LogP contribution in [0.25, 0.3) is 0 Å². The molecule has 0 rings (SSSR count). The van der Waals surface area contributed by atoms with Crippen molar-refractivity contribution in [3.05, 3.63) is 0 Å². The van der Waals surface area contributed by atoms with Gasteiger partial charge in [-0.1, -0.05) is 382 Å². The number of carbonyl (C=O) groups is 4. The molecule has 19 heteroatoms. The van der Waals surface area contributed by atoms with Gasteiger partial charge in [-0.2, -0.15) is 0 Å². The molecule has 0 bridgehead atoms. The molecular weight excluding hydrogens is 1330 g/mol. The van der Waals surface area contributed by atoms with Crippen molar-refractivity contribution in [1.29, 1.82) is 0 Å². The molecule has 0 saturated carbocycles. The lowest BCUT2D eigenvalue weighted by molar-refractivity contribution is -0.161. The minimum atomic E-state index is -4.96. The van der Waals surface area contributed by atoms with Gasteiger partial charge in [-0.15, -0.1) is 0 Å². The van der Waals surface area contributed by atoms with Crippen molar-refractivity contribution in [2.75, 3.05) is 39.6 Å². The van der Waals surface area contributed by atoms with Crippen molar-refractivity contribution in [2.45, 2.75) is 452 Å². The molecule has 7 atom stereocenters. The van der Waals surface area contributed by atoms with E-state index in [1.165, 1.54) is 244 Å². The van der Waals surface area contributed by atoms with Crippen molar-refractivity contribution in [3.8, 4) is 0 Å². The average Bonchev–Trinajstić information content (AvgIpc) is 0.914. The predicted octanol–water partition coefficient (Wildman–Crippen LogP) is 24.9. The van der Waals surface area contributed by atoms with E-state index in [-0.39, 0.29) is 25.7 Å². The fourth-order valence-corrected chi connectivity index (χ4v) is 14.4. The zero-order valence-corrected chi connectivity index (χ0v) is 68.9. The van der Waals surface area contributed by atoms with Gasteiger partial charge in [-0.3, -0.25) is 37.3 Å². The van der Waals surface area contributed by atoms with Crippen LogP contribution in [0.5, 0.6) is 0 Å². The first-order valence-corrected chi connectivity index (χ1v) is 45.9. The first kappa shape index (κ1) is 100. The monoisotopic (exact) mass is 1490 g/mol. The number of aliphatic hydroxyl groups is 1. The molecule has 606 valence electrons. The van der Waals surface area contributed by atoms with Crippen LogP contribution in [0.15, 0.2) is 0 Å². The second-order valence-electron chi connectivity index (χ2n) is 30.8. The molecule has 0 aliphatic rings. The van der Waals surface area contributed by atoms with E-state index >= 15 is 0 Å².